The van der Waals surface area contributed by atoms with Crippen LogP contribution >= 0.6 is 34.7 Å². The number of benzene rings is 1. The minimum Gasteiger partial charge on any atom is -0.461 e. The fourth-order valence-corrected chi connectivity index (χ4v) is 5.67. The van der Waals surface area contributed by atoms with E-state index in [0.29, 0.717) is 33.2 Å². The third-order valence-corrected chi connectivity index (χ3v) is 6.99. The van der Waals surface area contributed by atoms with Gasteiger partial charge in [-0.1, -0.05) is 37.6 Å². The molecule has 0 fully saturated rings. The molecule has 0 aliphatic heterocycles. The van der Waals surface area contributed by atoms with Crippen molar-refractivity contribution < 1.29 is 14.3 Å². The molecule has 1 aliphatic carbocycles. The van der Waals surface area contributed by atoms with Gasteiger partial charge in [0.2, 0.25) is 0 Å². The van der Waals surface area contributed by atoms with E-state index in [0.717, 1.165) is 16.2 Å². The number of carbonyl (C=O) groups is 2. The van der Waals surface area contributed by atoms with Crippen LogP contribution in [0.2, 0.25) is 5.02 Å². The minimum absolute atomic E-state index is 0.0922. The Morgan fingerprint density at radius 1 is 1.37 bits per heavy atom. The zero-order chi connectivity index (χ0) is 19.6. The first-order valence-electron chi connectivity index (χ1n) is 8.46. The molecule has 3 rings (SSSR count). The highest BCUT2D eigenvalue weighted by atomic mass is 35.5. The number of rotatable bonds is 5. The summed E-state index contributed by atoms with van der Waals surface area (Å²) in [6, 6.07) is 8.96. The van der Waals surface area contributed by atoms with Gasteiger partial charge in [0.15, 0.2) is 5.78 Å². The van der Waals surface area contributed by atoms with Crippen LogP contribution < -0.4 is 0 Å². The van der Waals surface area contributed by atoms with Crippen molar-refractivity contribution in [1.82, 2.24) is 0 Å². The number of hydrogen-bond donors (Lipinski definition) is 0. The van der Waals surface area contributed by atoms with Gasteiger partial charge in [-0.15, -0.1) is 23.1 Å². The van der Waals surface area contributed by atoms with E-state index in [-0.39, 0.29) is 17.8 Å². The number of thioether (sulfide) groups is 1. The van der Waals surface area contributed by atoms with Crippen LogP contribution in [0.1, 0.15) is 51.4 Å². The molecule has 7 heteroatoms. The molecule has 0 saturated heterocycles. The van der Waals surface area contributed by atoms with Crippen molar-refractivity contribution in [2.75, 3.05) is 12.4 Å². The van der Waals surface area contributed by atoms with E-state index in [4.69, 9.17) is 16.3 Å². The predicted molar refractivity (Wildman–Crippen MR) is 108 cm³/mol. The second-order valence-corrected chi connectivity index (χ2v) is 9.88. The van der Waals surface area contributed by atoms with Gasteiger partial charge in [0.25, 0.3) is 0 Å². The van der Waals surface area contributed by atoms with Crippen molar-refractivity contribution in [2.24, 2.45) is 5.41 Å². The van der Waals surface area contributed by atoms with Gasteiger partial charge in [-0.2, -0.15) is 5.26 Å². The van der Waals surface area contributed by atoms with Crippen LogP contribution in [-0.4, -0.2) is 24.1 Å². The largest absolute Gasteiger partial charge is 0.461 e. The van der Waals surface area contributed by atoms with E-state index in [9.17, 15) is 14.9 Å². The van der Waals surface area contributed by atoms with E-state index >= 15 is 0 Å². The third kappa shape index (κ3) is 4.37. The second-order valence-electron chi connectivity index (χ2n) is 7.09. The molecule has 1 heterocycles. The summed E-state index contributed by atoms with van der Waals surface area (Å²) >= 11 is 8.80. The summed E-state index contributed by atoms with van der Waals surface area (Å²) in [7, 11) is 0. The lowest BCUT2D eigenvalue weighted by Gasteiger charge is -2.29. The standard InChI is InChI=1S/C20H18ClNO3S2/c1-20(2)9-13-16(11-22)27-19(17(13)15(23)10-20)26-8-7-25-18(24)12-5-3-4-6-14(12)21/h3-6H,7-10H2,1-2H3. The van der Waals surface area contributed by atoms with E-state index in [1.807, 2.05) is 13.8 Å². The van der Waals surface area contributed by atoms with E-state index in [2.05, 4.69) is 6.07 Å². The maximum absolute atomic E-state index is 12.6. The summed E-state index contributed by atoms with van der Waals surface area (Å²) in [5.41, 5.74) is 1.78. The molecule has 0 N–H and O–H groups in total. The molecular formula is C20H18ClNO3S2. The zero-order valence-corrected chi connectivity index (χ0v) is 17.4. The van der Waals surface area contributed by atoms with Gasteiger partial charge in [-0.3, -0.25) is 4.79 Å². The number of carbonyl (C=O) groups excluding carboxylic acids is 2. The highest BCUT2D eigenvalue weighted by Gasteiger charge is 2.36. The monoisotopic (exact) mass is 419 g/mol. The zero-order valence-electron chi connectivity index (χ0n) is 15.0. The molecule has 1 aromatic carbocycles. The minimum atomic E-state index is -0.468. The average molecular weight is 420 g/mol. The van der Waals surface area contributed by atoms with E-state index < -0.39 is 5.97 Å². The molecule has 0 radical (unpaired) electrons. The molecular weight excluding hydrogens is 402 g/mol. The smallest absolute Gasteiger partial charge is 0.339 e. The molecule has 0 atom stereocenters. The number of nitriles is 1. The first-order chi connectivity index (χ1) is 12.8. The summed E-state index contributed by atoms with van der Waals surface area (Å²) < 4.78 is 6.12. The molecule has 0 saturated carbocycles. The Morgan fingerprint density at radius 3 is 2.81 bits per heavy atom. The average Bonchev–Trinajstić information content (AvgIpc) is 2.95. The number of hydrogen-bond acceptors (Lipinski definition) is 6. The Balaban J connectivity index is 1.65. The van der Waals surface area contributed by atoms with Crippen LogP contribution in [0, 0.1) is 16.7 Å². The lowest BCUT2D eigenvalue weighted by Crippen LogP contribution is -2.26. The molecule has 0 amide bonds. The Kier molecular flexibility index (Phi) is 5.95. The van der Waals surface area contributed by atoms with Gasteiger partial charge in [0, 0.05) is 17.7 Å². The summed E-state index contributed by atoms with van der Waals surface area (Å²) in [6.07, 6.45) is 1.21. The summed E-state index contributed by atoms with van der Waals surface area (Å²) in [4.78, 5) is 25.3. The van der Waals surface area contributed by atoms with Crippen LogP contribution in [0.25, 0.3) is 0 Å². The second kappa shape index (κ2) is 8.05. The fourth-order valence-electron chi connectivity index (χ4n) is 3.12. The van der Waals surface area contributed by atoms with Crippen LogP contribution in [0.15, 0.2) is 28.5 Å². The molecule has 1 aromatic heterocycles. The summed E-state index contributed by atoms with van der Waals surface area (Å²) in [5, 5.41) is 9.77. The molecule has 1 aliphatic rings. The third-order valence-electron chi connectivity index (χ3n) is 4.29. The summed E-state index contributed by atoms with van der Waals surface area (Å²) in [6.45, 7) is 4.30. The molecule has 4 nitrogen and oxygen atoms in total. The van der Waals surface area contributed by atoms with Crippen LogP contribution in [0.5, 0.6) is 0 Å². The van der Waals surface area contributed by atoms with E-state index in [1.165, 1.54) is 23.1 Å². The quantitative estimate of drug-likeness (QED) is 0.370. The number of esters is 1. The predicted octanol–water partition coefficient (Wildman–Crippen LogP) is 5.38. The van der Waals surface area contributed by atoms with E-state index in [1.54, 1.807) is 24.3 Å². The number of halogens is 1. The Labute approximate surface area is 171 Å². The van der Waals surface area contributed by atoms with Crippen molar-refractivity contribution in [3.8, 4) is 6.07 Å². The summed E-state index contributed by atoms with van der Waals surface area (Å²) in [5.74, 6) is 0.129. The van der Waals surface area contributed by atoms with Gasteiger partial charge in [-0.25, -0.2) is 4.79 Å². The topological polar surface area (TPSA) is 67.2 Å². The van der Waals surface area contributed by atoms with Gasteiger partial charge in [0.1, 0.15) is 17.6 Å². The molecule has 0 spiro atoms. The number of fused-ring (bicyclic) bond motifs is 1. The SMILES string of the molecule is CC1(C)CC(=O)c2c(SCCOC(=O)c3ccccc3Cl)sc(C#N)c2C1. The number of Topliss-reactive ketones (excluding diaryl/α,β-unsaturated/α-hetero) is 1. The maximum atomic E-state index is 12.6. The Hall–Kier alpha value is -1.81. The lowest BCUT2D eigenvalue weighted by molar-refractivity contribution is 0.0530. The van der Waals surface area contributed by atoms with Crippen molar-refractivity contribution in [1.29, 1.82) is 5.26 Å². The normalized spacial score (nSPS) is 15.1. The van der Waals surface area contributed by atoms with Crippen LogP contribution in [0.3, 0.4) is 0 Å². The number of ether oxygens (including phenoxy) is 1. The fraction of sp³-hybridized carbons (Fsp3) is 0.350. The maximum Gasteiger partial charge on any atom is 0.339 e. The first-order valence-corrected chi connectivity index (χ1v) is 10.6. The van der Waals surface area contributed by atoms with Gasteiger partial charge in [-0.05, 0) is 29.5 Å². The van der Waals surface area contributed by atoms with Crippen LogP contribution in [0.4, 0.5) is 0 Å². The van der Waals surface area contributed by atoms with Crippen LogP contribution in [-0.2, 0) is 11.2 Å². The van der Waals surface area contributed by atoms with Crippen molar-refractivity contribution in [3.05, 3.63) is 50.9 Å². The molecule has 2 aromatic rings. The number of ketones is 1. The molecule has 140 valence electrons. The molecule has 0 unspecified atom stereocenters. The van der Waals surface area contributed by atoms with Gasteiger partial charge < -0.3 is 4.74 Å². The number of nitrogens with zero attached hydrogens (tertiary/aromatic N) is 1. The molecule has 27 heavy (non-hydrogen) atoms. The molecule has 0 bridgehead atoms. The first kappa shape index (κ1) is 19.9. The van der Waals surface area contributed by atoms with Crippen molar-refractivity contribution in [3.63, 3.8) is 0 Å². The lowest BCUT2D eigenvalue weighted by atomic mass is 9.74. The van der Waals surface area contributed by atoms with Gasteiger partial charge >= 0.3 is 5.97 Å². The highest BCUT2D eigenvalue weighted by molar-refractivity contribution is 8.01. The van der Waals surface area contributed by atoms with Crippen molar-refractivity contribution >= 4 is 46.5 Å². The Morgan fingerprint density at radius 2 is 2.11 bits per heavy atom. The Bertz CT molecular complexity index is 943. The highest BCUT2D eigenvalue weighted by Crippen LogP contribution is 2.44. The van der Waals surface area contributed by atoms with Crippen molar-refractivity contribution in [2.45, 2.75) is 30.9 Å². The van der Waals surface area contributed by atoms with Gasteiger partial charge in [0.05, 0.1) is 14.8 Å². The number of thiophene rings is 1.